The third kappa shape index (κ3) is 6.76. The van der Waals surface area contributed by atoms with Crippen LogP contribution in [0.5, 0.6) is 0 Å². The topological polar surface area (TPSA) is 206 Å². The number of anilines is 1. The lowest BCUT2D eigenvalue weighted by Crippen LogP contribution is -2.71. The Morgan fingerprint density at radius 2 is 1.87 bits per heavy atom. The van der Waals surface area contributed by atoms with Crippen LogP contribution in [0, 0.1) is 5.41 Å². The molecule has 0 aromatic carbocycles. The Bertz CT molecular complexity index is 1220. The minimum Gasteiger partial charge on any atom is -0.466 e. The van der Waals surface area contributed by atoms with Crippen LogP contribution in [0.4, 0.5) is 5.13 Å². The Balaban J connectivity index is 2.17. The molecular weight excluding hydrogens is 546 g/mol. The highest BCUT2D eigenvalue weighted by Crippen LogP contribution is 2.27. The van der Waals surface area contributed by atoms with Crippen molar-refractivity contribution >= 4 is 56.2 Å². The number of oxime groups is 1. The number of hydrogen-bond acceptors (Lipinski definition) is 14. The summed E-state index contributed by atoms with van der Waals surface area (Å²) >= 11 is 1.00. The largest absolute Gasteiger partial charge is 0.466 e. The molecule has 1 aromatic rings. The first-order valence-corrected chi connectivity index (χ1v) is 13.5. The van der Waals surface area contributed by atoms with Crippen molar-refractivity contribution in [3.63, 3.8) is 0 Å². The monoisotopic (exact) mass is 577 g/mol. The van der Waals surface area contributed by atoms with Gasteiger partial charge < -0.3 is 25.4 Å². The molecule has 2 amide bonds. The molecule has 2 atom stereocenters. The van der Waals surface area contributed by atoms with Gasteiger partial charge in [0.15, 0.2) is 10.8 Å². The molecule has 0 spiro atoms. The average molecular weight is 578 g/mol. The van der Waals surface area contributed by atoms with E-state index in [0.29, 0.717) is 4.31 Å². The van der Waals surface area contributed by atoms with Crippen molar-refractivity contribution in [2.75, 3.05) is 26.1 Å². The van der Waals surface area contributed by atoms with E-state index in [9.17, 15) is 27.6 Å². The van der Waals surface area contributed by atoms with Gasteiger partial charge >= 0.3 is 22.2 Å². The average Bonchev–Trinajstić information content (AvgIpc) is 3.26. The molecule has 38 heavy (non-hydrogen) atoms. The number of carbonyl (C=O) groups excluding carboxylic acids is 4. The van der Waals surface area contributed by atoms with E-state index in [2.05, 4.69) is 20.2 Å². The second-order valence-corrected chi connectivity index (χ2v) is 11.6. The number of thiazole rings is 1. The van der Waals surface area contributed by atoms with Crippen molar-refractivity contribution in [3.8, 4) is 0 Å². The number of nitrogen functional groups attached to an aromatic ring is 1. The normalized spacial score (nSPS) is 18.4. The zero-order valence-electron chi connectivity index (χ0n) is 22.0. The molecular formula is C21H31N5O10S2. The maximum Gasteiger partial charge on any atom is 0.365 e. The van der Waals surface area contributed by atoms with Crippen molar-refractivity contribution in [3.05, 3.63) is 11.1 Å². The van der Waals surface area contributed by atoms with E-state index in [-0.39, 0.29) is 17.4 Å². The van der Waals surface area contributed by atoms with Crippen LogP contribution in [0.2, 0.25) is 0 Å². The summed E-state index contributed by atoms with van der Waals surface area (Å²) in [6.07, 6.45) is 0. The molecule has 1 fully saturated rings. The summed E-state index contributed by atoms with van der Waals surface area (Å²) in [4.78, 5) is 58.8. The van der Waals surface area contributed by atoms with E-state index in [1.165, 1.54) is 40.0 Å². The molecule has 1 aromatic heterocycles. The molecule has 17 heteroatoms. The molecule has 0 bridgehead atoms. The van der Waals surface area contributed by atoms with E-state index in [0.717, 1.165) is 18.4 Å². The number of carbonyl (C=O) groups is 4. The molecule has 212 valence electrons. The van der Waals surface area contributed by atoms with E-state index in [4.69, 9.17) is 19.5 Å². The Hall–Kier alpha value is -3.31. The van der Waals surface area contributed by atoms with Gasteiger partial charge in [-0.15, -0.1) is 11.3 Å². The lowest BCUT2D eigenvalue weighted by molar-refractivity contribution is -0.165. The summed E-state index contributed by atoms with van der Waals surface area (Å²) < 4.78 is 40.3. The molecule has 15 nitrogen and oxygen atoms in total. The summed E-state index contributed by atoms with van der Waals surface area (Å²) in [7, 11) is -3.44. The van der Waals surface area contributed by atoms with Crippen molar-refractivity contribution in [1.82, 2.24) is 14.6 Å². The molecule has 2 heterocycles. The number of β-lactam (4-membered cyclic amide) rings is 1. The van der Waals surface area contributed by atoms with Gasteiger partial charge in [0.1, 0.15) is 11.7 Å². The van der Waals surface area contributed by atoms with Gasteiger partial charge in [-0.05, 0) is 41.5 Å². The maximum absolute atomic E-state index is 13.0. The van der Waals surface area contributed by atoms with Crippen LogP contribution >= 0.6 is 11.3 Å². The zero-order chi connectivity index (χ0) is 29.1. The molecule has 0 radical (unpaired) electrons. The van der Waals surface area contributed by atoms with Gasteiger partial charge in [0.25, 0.3) is 11.8 Å². The second kappa shape index (κ2) is 11.6. The number of nitrogens with zero attached hydrogens (tertiary/aromatic N) is 3. The molecule has 0 aliphatic carbocycles. The van der Waals surface area contributed by atoms with Crippen LogP contribution in [0.15, 0.2) is 10.5 Å². The van der Waals surface area contributed by atoms with E-state index < -0.39 is 69.5 Å². The van der Waals surface area contributed by atoms with Crippen LogP contribution in [-0.2, 0) is 48.0 Å². The fraction of sp³-hybridized carbons (Fsp3) is 0.619. The summed E-state index contributed by atoms with van der Waals surface area (Å²) in [5, 5.41) is 7.65. The predicted molar refractivity (Wildman–Crippen MR) is 134 cm³/mol. The number of amides is 2. The summed E-state index contributed by atoms with van der Waals surface area (Å²) in [5.74, 6) is -3.36. The number of esters is 2. The van der Waals surface area contributed by atoms with Crippen molar-refractivity contribution in [1.29, 1.82) is 0 Å². The number of aromatic nitrogens is 1. The molecule has 3 N–H and O–H groups in total. The lowest BCUT2D eigenvalue weighted by Gasteiger charge is -2.43. The van der Waals surface area contributed by atoms with Gasteiger partial charge in [-0.25, -0.2) is 14.1 Å². The van der Waals surface area contributed by atoms with Gasteiger partial charge in [-0.3, -0.25) is 18.6 Å². The third-order valence-electron chi connectivity index (χ3n) is 5.28. The van der Waals surface area contributed by atoms with Crippen LogP contribution in [0.25, 0.3) is 0 Å². The fourth-order valence-electron chi connectivity index (χ4n) is 3.01. The quantitative estimate of drug-likeness (QED) is 0.145. The highest BCUT2D eigenvalue weighted by Gasteiger charge is 2.53. The molecule has 0 saturated carbocycles. The minimum absolute atomic E-state index is 0.000834. The number of ether oxygens (including phenoxy) is 2. The molecule has 1 aliphatic rings. The van der Waals surface area contributed by atoms with E-state index >= 15 is 0 Å². The first kappa shape index (κ1) is 30.9. The SMILES string of the molecule is CCOC(=O)C(C)(C)COS(=O)(=O)N1C(=O)[C@@H](NC(=O)/C(=N/OC(C)(C)C(=O)OC)c2csc(N)n2)[C@@H]1C. The van der Waals surface area contributed by atoms with E-state index in [1.54, 1.807) is 6.92 Å². The number of nitrogens with two attached hydrogens (primary N) is 1. The fourth-order valence-corrected chi connectivity index (χ4v) is 4.98. The smallest absolute Gasteiger partial charge is 0.365 e. The zero-order valence-corrected chi connectivity index (χ0v) is 23.6. The van der Waals surface area contributed by atoms with Gasteiger partial charge in [0, 0.05) is 5.38 Å². The van der Waals surface area contributed by atoms with Crippen molar-refractivity contribution in [2.45, 2.75) is 59.2 Å². The van der Waals surface area contributed by atoms with Crippen LogP contribution < -0.4 is 11.1 Å². The summed E-state index contributed by atoms with van der Waals surface area (Å²) in [6.45, 7) is 8.08. The molecule has 1 aliphatic heterocycles. The van der Waals surface area contributed by atoms with E-state index in [1.807, 2.05) is 0 Å². The van der Waals surface area contributed by atoms with Crippen LogP contribution in [0.3, 0.4) is 0 Å². The standard InChI is InChI=1S/C21H31N5O10S2/c1-8-34-17(29)20(3,4)10-35-38(31,32)26-11(2)13(16(26)28)24-15(27)14(12-9-37-19(22)23-12)25-36-21(5,6)18(30)33-7/h9,11,13H,8,10H2,1-7H3,(H2,22,23)(H,24,27)/b25-14+/t11-,13-/m0/s1. The number of nitrogens with one attached hydrogen (secondary N) is 1. The van der Waals surface area contributed by atoms with Gasteiger partial charge in [-0.2, -0.15) is 8.42 Å². The van der Waals surface area contributed by atoms with Crippen molar-refractivity contribution < 1.29 is 46.1 Å². The number of rotatable bonds is 12. The molecule has 0 unspecified atom stereocenters. The Morgan fingerprint density at radius 3 is 2.37 bits per heavy atom. The Morgan fingerprint density at radius 1 is 1.24 bits per heavy atom. The number of methoxy groups -OCH3 is 1. The van der Waals surface area contributed by atoms with Crippen LogP contribution in [-0.4, -0.2) is 85.2 Å². The first-order valence-electron chi connectivity index (χ1n) is 11.2. The predicted octanol–water partition coefficient (Wildman–Crippen LogP) is -0.0362. The third-order valence-corrected chi connectivity index (χ3v) is 7.37. The first-order chi connectivity index (χ1) is 17.5. The van der Waals surface area contributed by atoms with Gasteiger partial charge in [0.05, 0.1) is 31.8 Å². The van der Waals surface area contributed by atoms with Gasteiger partial charge in [0.2, 0.25) is 5.60 Å². The summed E-state index contributed by atoms with van der Waals surface area (Å²) in [6, 6.07) is -2.31. The summed E-state index contributed by atoms with van der Waals surface area (Å²) in [5.41, 5.74) is 2.37. The molecule has 1 saturated heterocycles. The lowest BCUT2D eigenvalue weighted by atomic mass is 9.95. The maximum atomic E-state index is 13.0. The van der Waals surface area contributed by atoms with Crippen molar-refractivity contribution in [2.24, 2.45) is 10.6 Å². The minimum atomic E-state index is -4.59. The Kier molecular flexibility index (Phi) is 9.44. The second-order valence-electron chi connectivity index (χ2n) is 9.25. The van der Waals surface area contributed by atoms with Crippen LogP contribution in [0.1, 0.15) is 47.2 Å². The Labute approximate surface area is 223 Å². The molecule has 2 rings (SSSR count). The number of hydrogen-bond donors (Lipinski definition) is 2. The van der Waals surface area contributed by atoms with Gasteiger partial charge in [-0.1, -0.05) is 5.16 Å². The highest BCUT2D eigenvalue weighted by atomic mass is 32.2. The highest BCUT2D eigenvalue weighted by molar-refractivity contribution is 7.85.